The predicted molar refractivity (Wildman–Crippen MR) is 155 cm³/mol. The molecule has 1 amide bonds. The number of sulfonamides is 2. The van der Waals surface area contributed by atoms with Crippen LogP contribution in [0.5, 0.6) is 0 Å². The quantitative estimate of drug-likeness (QED) is 0.346. The maximum atomic E-state index is 14.0. The molecule has 222 valence electrons. The number of amides is 1. The van der Waals surface area contributed by atoms with Crippen molar-refractivity contribution in [1.82, 2.24) is 29.2 Å². The maximum Gasteiger partial charge on any atom is 0.239 e. The fraction of sp³-hybridized carbons (Fsp3) is 0.481. The van der Waals surface area contributed by atoms with Crippen molar-refractivity contribution in [2.24, 2.45) is 0 Å². The molecule has 3 aromatic rings. The van der Waals surface area contributed by atoms with Crippen molar-refractivity contribution in [3.63, 3.8) is 0 Å². The van der Waals surface area contributed by atoms with Gasteiger partial charge in [-0.1, -0.05) is 0 Å². The fourth-order valence-electron chi connectivity index (χ4n) is 5.09. The molecule has 1 aliphatic heterocycles. The number of aromatic nitrogens is 5. The summed E-state index contributed by atoms with van der Waals surface area (Å²) in [7, 11) is -7.05. The Labute approximate surface area is 244 Å². The van der Waals surface area contributed by atoms with E-state index < -0.39 is 36.6 Å². The Balaban J connectivity index is 1.26. The van der Waals surface area contributed by atoms with Crippen LogP contribution in [0.15, 0.2) is 43.0 Å². The summed E-state index contributed by atoms with van der Waals surface area (Å²) in [5.41, 5.74) is 1.11. The minimum Gasteiger partial charge on any atom is -0.310 e. The van der Waals surface area contributed by atoms with Crippen molar-refractivity contribution >= 4 is 37.6 Å². The van der Waals surface area contributed by atoms with E-state index in [9.17, 15) is 21.6 Å². The number of hydrogen-bond donors (Lipinski definition) is 2. The summed E-state index contributed by atoms with van der Waals surface area (Å²) < 4.78 is 54.0. The zero-order valence-corrected chi connectivity index (χ0v) is 24.7. The van der Waals surface area contributed by atoms with E-state index in [4.69, 9.17) is 4.98 Å². The van der Waals surface area contributed by atoms with Gasteiger partial charge in [-0.15, -0.1) is 0 Å². The van der Waals surface area contributed by atoms with E-state index in [1.165, 1.54) is 16.6 Å². The van der Waals surface area contributed by atoms with Crippen molar-refractivity contribution < 1.29 is 21.6 Å². The normalized spacial score (nSPS) is 19.3. The van der Waals surface area contributed by atoms with Gasteiger partial charge in [0.25, 0.3) is 0 Å². The standard InChI is InChI=1S/C27H32N8O5S2/c1-2-41(37,38)35-13-10-27(11-14-35,25-29-12-9-24(32-25)34-42(39,40)20-6-7-20)26(36)33-23-8-5-19(15-30-23)22-17-28-16-21(31-22)18-3-4-18/h5,8-9,12,15-18,20H,2-4,6-7,10-11,13-14H2,1H3,(H,29,32,34)(H,30,33,36). The molecule has 0 bridgehead atoms. The van der Waals surface area contributed by atoms with Crippen LogP contribution < -0.4 is 10.0 Å². The fourth-order valence-corrected chi connectivity index (χ4v) is 7.52. The lowest BCUT2D eigenvalue weighted by atomic mass is 9.77. The highest BCUT2D eigenvalue weighted by Crippen LogP contribution is 2.39. The molecule has 0 atom stereocenters. The first-order valence-electron chi connectivity index (χ1n) is 14.0. The smallest absolute Gasteiger partial charge is 0.239 e. The van der Waals surface area contributed by atoms with Gasteiger partial charge < -0.3 is 5.32 Å². The van der Waals surface area contributed by atoms with Gasteiger partial charge in [-0.3, -0.25) is 14.5 Å². The number of pyridine rings is 1. The van der Waals surface area contributed by atoms with E-state index in [0.717, 1.165) is 24.1 Å². The second-order valence-corrected chi connectivity index (χ2v) is 15.2. The van der Waals surface area contributed by atoms with Gasteiger partial charge in [0.15, 0.2) is 0 Å². The van der Waals surface area contributed by atoms with Crippen molar-refractivity contribution in [3.05, 3.63) is 54.5 Å². The molecule has 42 heavy (non-hydrogen) atoms. The average Bonchev–Trinajstić information content (AvgIpc) is 3.90. The van der Waals surface area contributed by atoms with E-state index in [1.54, 1.807) is 37.6 Å². The van der Waals surface area contributed by atoms with Crippen LogP contribution in [-0.2, 0) is 30.3 Å². The second-order valence-electron chi connectivity index (χ2n) is 11.0. The highest BCUT2D eigenvalue weighted by molar-refractivity contribution is 7.93. The summed E-state index contributed by atoms with van der Waals surface area (Å²) in [5, 5.41) is 2.41. The molecule has 0 radical (unpaired) electrons. The van der Waals surface area contributed by atoms with Crippen LogP contribution in [0.2, 0.25) is 0 Å². The Morgan fingerprint density at radius 3 is 2.36 bits per heavy atom. The minimum absolute atomic E-state index is 0.0503. The highest BCUT2D eigenvalue weighted by atomic mass is 32.2. The van der Waals surface area contributed by atoms with Gasteiger partial charge in [0.1, 0.15) is 22.9 Å². The SMILES string of the molecule is CCS(=O)(=O)N1CCC(C(=O)Nc2ccc(-c3cncc(C4CC4)n3)cn2)(c2nccc(NS(=O)(=O)C3CC3)n2)CC1. The zero-order chi connectivity index (χ0) is 29.5. The Kier molecular flexibility index (Phi) is 7.43. The van der Waals surface area contributed by atoms with Crippen LogP contribution in [0.25, 0.3) is 11.3 Å². The van der Waals surface area contributed by atoms with Crippen LogP contribution in [0.4, 0.5) is 11.6 Å². The van der Waals surface area contributed by atoms with E-state index in [-0.39, 0.29) is 43.3 Å². The summed E-state index contributed by atoms with van der Waals surface area (Å²) in [6.07, 6.45) is 10.1. The number of hydrogen-bond acceptors (Lipinski definition) is 10. The van der Waals surface area contributed by atoms with E-state index in [2.05, 4.69) is 30.0 Å². The maximum absolute atomic E-state index is 14.0. The minimum atomic E-state index is -3.59. The van der Waals surface area contributed by atoms with Gasteiger partial charge in [0, 0.05) is 43.2 Å². The summed E-state index contributed by atoms with van der Waals surface area (Å²) in [6, 6.07) is 4.91. The topological polar surface area (TPSA) is 177 Å². The highest BCUT2D eigenvalue weighted by Gasteiger charge is 2.47. The number of rotatable bonds is 10. The van der Waals surface area contributed by atoms with Crippen molar-refractivity contribution in [2.75, 3.05) is 28.9 Å². The van der Waals surface area contributed by atoms with Crippen molar-refractivity contribution in [2.45, 2.75) is 62.0 Å². The molecule has 2 aliphatic carbocycles. The predicted octanol–water partition coefficient (Wildman–Crippen LogP) is 2.43. The molecule has 0 unspecified atom stereocenters. The van der Waals surface area contributed by atoms with Gasteiger partial charge in [-0.2, -0.15) is 0 Å². The molecule has 3 fully saturated rings. The molecule has 2 N–H and O–H groups in total. The molecule has 4 heterocycles. The van der Waals surface area contributed by atoms with Crippen LogP contribution in [0.3, 0.4) is 0 Å². The summed E-state index contributed by atoms with van der Waals surface area (Å²) >= 11 is 0. The Hall–Kier alpha value is -3.56. The Morgan fingerprint density at radius 2 is 1.71 bits per heavy atom. The molecular weight excluding hydrogens is 580 g/mol. The molecule has 13 nitrogen and oxygen atoms in total. The summed E-state index contributed by atoms with van der Waals surface area (Å²) in [5.74, 6) is 0.444. The van der Waals surface area contributed by atoms with Crippen LogP contribution >= 0.6 is 0 Å². The van der Waals surface area contributed by atoms with E-state index >= 15 is 0 Å². The van der Waals surface area contributed by atoms with E-state index in [0.29, 0.717) is 30.3 Å². The molecule has 3 aliphatic rings. The third-order valence-electron chi connectivity index (χ3n) is 8.01. The third kappa shape index (κ3) is 5.85. The number of anilines is 2. The van der Waals surface area contributed by atoms with Crippen LogP contribution in [-0.4, -0.2) is 76.1 Å². The molecule has 0 aromatic carbocycles. The summed E-state index contributed by atoms with van der Waals surface area (Å²) in [6.45, 7) is 1.76. The number of carbonyl (C=O) groups excluding carboxylic acids is 1. The molecule has 1 saturated heterocycles. The summed E-state index contributed by atoms with van der Waals surface area (Å²) in [4.78, 5) is 36.2. The zero-order valence-electron chi connectivity index (χ0n) is 23.1. The molecule has 6 rings (SSSR count). The largest absolute Gasteiger partial charge is 0.310 e. The van der Waals surface area contributed by atoms with Crippen LogP contribution in [0.1, 0.15) is 62.9 Å². The first-order valence-corrected chi connectivity index (χ1v) is 17.2. The van der Waals surface area contributed by atoms with Gasteiger partial charge in [-0.05, 0) is 63.6 Å². The molecule has 0 spiro atoms. The number of carbonyl (C=O) groups is 1. The third-order valence-corrected chi connectivity index (χ3v) is 11.7. The Bertz CT molecular complexity index is 1700. The number of piperidine rings is 1. The molecule has 3 aromatic heterocycles. The average molecular weight is 613 g/mol. The molecule has 15 heteroatoms. The van der Waals surface area contributed by atoms with Gasteiger partial charge >= 0.3 is 0 Å². The lowest BCUT2D eigenvalue weighted by molar-refractivity contribution is -0.123. The van der Waals surface area contributed by atoms with Crippen molar-refractivity contribution in [3.8, 4) is 11.3 Å². The van der Waals surface area contributed by atoms with Gasteiger partial charge in [-0.25, -0.2) is 41.1 Å². The second kappa shape index (κ2) is 10.9. The van der Waals surface area contributed by atoms with Gasteiger partial charge in [0.2, 0.25) is 26.0 Å². The van der Waals surface area contributed by atoms with E-state index in [1.807, 2.05) is 0 Å². The first kappa shape index (κ1) is 28.6. The molecular formula is C27H32N8O5S2. The first-order chi connectivity index (χ1) is 20.1. The van der Waals surface area contributed by atoms with Crippen molar-refractivity contribution in [1.29, 1.82) is 0 Å². The number of nitrogens with zero attached hydrogens (tertiary/aromatic N) is 6. The lowest BCUT2D eigenvalue weighted by Gasteiger charge is -2.38. The molecule has 2 saturated carbocycles. The Morgan fingerprint density at radius 1 is 0.952 bits per heavy atom. The van der Waals surface area contributed by atoms with Gasteiger partial charge in [0.05, 0.1) is 28.6 Å². The lowest BCUT2D eigenvalue weighted by Crippen LogP contribution is -2.52. The monoisotopic (exact) mass is 612 g/mol. The number of nitrogens with one attached hydrogen (secondary N) is 2. The van der Waals surface area contributed by atoms with Crippen LogP contribution in [0, 0.1) is 0 Å².